The zero-order valence-corrected chi connectivity index (χ0v) is 8.82. The van der Waals surface area contributed by atoms with Gasteiger partial charge in [-0.3, -0.25) is 4.79 Å². The zero-order valence-electron chi connectivity index (χ0n) is 8.82. The number of nitrogens with one attached hydrogen (secondary N) is 1. The predicted octanol–water partition coefficient (Wildman–Crippen LogP) is 0.441. The van der Waals surface area contributed by atoms with Crippen molar-refractivity contribution in [1.82, 2.24) is 5.32 Å². The van der Waals surface area contributed by atoms with Gasteiger partial charge in [0, 0.05) is 12.6 Å². The molecule has 1 saturated heterocycles. The lowest BCUT2D eigenvalue weighted by Gasteiger charge is -2.17. The number of amides is 1. The molecule has 1 aliphatic rings. The summed E-state index contributed by atoms with van der Waals surface area (Å²) in [6, 6.07) is 0.00620. The van der Waals surface area contributed by atoms with Gasteiger partial charge in [0.2, 0.25) is 5.91 Å². The van der Waals surface area contributed by atoms with Crippen molar-refractivity contribution in [2.24, 2.45) is 0 Å². The lowest BCUT2D eigenvalue weighted by atomic mass is 10.1. The minimum atomic E-state index is -0.380. The van der Waals surface area contributed by atoms with E-state index in [9.17, 15) is 4.79 Å². The molecule has 0 aromatic carbocycles. The highest BCUT2D eigenvalue weighted by Gasteiger charge is 2.24. The summed E-state index contributed by atoms with van der Waals surface area (Å²) < 4.78 is 5.25. The molecule has 0 spiro atoms. The summed E-state index contributed by atoms with van der Waals surface area (Å²) in [6.45, 7) is 4.29. The van der Waals surface area contributed by atoms with Crippen LogP contribution >= 0.6 is 0 Å². The van der Waals surface area contributed by atoms with E-state index >= 15 is 0 Å². The topological polar surface area (TPSA) is 58.6 Å². The van der Waals surface area contributed by atoms with E-state index in [2.05, 4.69) is 5.32 Å². The summed E-state index contributed by atoms with van der Waals surface area (Å²) in [7, 11) is 0. The summed E-state index contributed by atoms with van der Waals surface area (Å²) in [5.74, 6) is -0.0457. The van der Waals surface area contributed by atoms with E-state index in [0.717, 1.165) is 12.8 Å². The standard InChI is InChI=1S/C10H19NO3/c1-7(6-8(2)12)11-10(13)9-4-3-5-14-9/h7-9,12H,3-6H2,1-2H3,(H,11,13). The molecule has 0 bridgehead atoms. The van der Waals surface area contributed by atoms with Crippen LogP contribution in [0.4, 0.5) is 0 Å². The lowest BCUT2D eigenvalue weighted by molar-refractivity contribution is -0.130. The molecule has 2 N–H and O–H groups in total. The van der Waals surface area contributed by atoms with E-state index in [1.165, 1.54) is 0 Å². The van der Waals surface area contributed by atoms with Crippen molar-refractivity contribution in [2.45, 2.75) is 51.4 Å². The first-order chi connectivity index (χ1) is 6.59. The first-order valence-corrected chi connectivity index (χ1v) is 5.19. The molecule has 82 valence electrons. The molecule has 3 atom stereocenters. The third-order valence-corrected chi connectivity index (χ3v) is 2.31. The quantitative estimate of drug-likeness (QED) is 0.694. The molecule has 4 nitrogen and oxygen atoms in total. The monoisotopic (exact) mass is 201 g/mol. The molecule has 1 heterocycles. The van der Waals surface area contributed by atoms with E-state index < -0.39 is 0 Å². The van der Waals surface area contributed by atoms with Gasteiger partial charge in [-0.05, 0) is 33.1 Å². The molecular weight excluding hydrogens is 182 g/mol. The fraction of sp³-hybridized carbons (Fsp3) is 0.900. The molecule has 14 heavy (non-hydrogen) atoms. The summed E-state index contributed by atoms with van der Waals surface area (Å²) in [6.07, 6.45) is 1.70. The number of aliphatic hydroxyl groups excluding tert-OH is 1. The van der Waals surface area contributed by atoms with Crippen molar-refractivity contribution in [1.29, 1.82) is 0 Å². The maximum absolute atomic E-state index is 11.5. The highest BCUT2D eigenvalue weighted by atomic mass is 16.5. The predicted molar refractivity (Wildman–Crippen MR) is 52.9 cm³/mol. The molecule has 1 amide bonds. The number of hydrogen-bond donors (Lipinski definition) is 2. The molecule has 1 aliphatic heterocycles. The second-order valence-corrected chi connectivity index (χ2v) is 4.00. The van der Waals surface area contributed by atoms with Crippen molar-refractivity contribution >= 4 is 5.91 Å². The number of carbonyl (C=O) groups excluding carboxylic acids is 1. The lowest BCUT2D eigenvalue weighted by Crippen LogP contribution is -2.40. The number of aliphatic hydroxyl groups is 1. The van der Waals surface area contributed by atoms with Crippen LogP contribution in [0.15, 0.2) is 0 Å². The molecule has 1 rings (SSSR count). The summed E-state index contributed by atoms with van der Waals surface area (Å²) in [4.78, 5) is 11.5. The van der Waals surface area contributed by atoms with Gasteiger partial charge in [0.1, 0.15) is 6.10 Å². The van der Waals surface area contributed by atoms with Crippen molar-refractivity contribution in [3.8, 4) is 0 Å². The molecule has 1 fully saturated rings. The van der Waals surface area contributed by atoms with Gasteiger partial charge in [0.15, 0.2) is 0 Å². The Bertz CT molecular complexity index is 188. The Morgan fingerprint density at radius 2 is 2.36 bits per heavy atom. The minimum Gasteiger partial charge on any atom is -0.393 e. The highest BCUT2D eigenvalue weighted by molar-refractivity contribution is 5.81. The molecule has 0 saturated carbocycles. The van der Waals surface area contributed by atoms with E-state index in [1.807, 2.05) is 6.92 Å². The van der Waals surface area contributed by atoms with Crippen LogP contribution in [0.5, 0.6) is 0 Å². The minimum absolute atomic E-state index is 0.00620. The Labute approximate surface area is 84.6 Å². The average Bonchev–Trinajstić information content (AvgIpc) is 2.53. The van der Waals surface area contributed by atoms with Crippen LogP contribution in [0.3, 0.4) is 0 Å². The second kappa shape index (κ2) is 5.32. The van der Waals surface area contributed by atoms with Gasteiger partial charge in [-0.25, -0.2) is 0 Å². The van der Waals surface area contributed by atoms with Gasteiger partial charge in [0.25, 0.3) is 0 Å². The Morgan fingerprint density at radius 1 is 1.64 bits per heavy atom. The van der Waals surface area contributed by atoms with E-state index in [4.69, 9.17) is 9.84 Å². The third-order valence-electron chi connectivity index (χ3n) is 2.31. The van der Waals surface area contributed by atoms with Gasteiger partial charge >= 0.3 is 0 Å². The molecule has 0 aliphatic carbocycles. The molecule has 3 unspecified atom stereocenters. The molecular formula is C10H19NO3. The Balaban J connectivity index is 2.25. The number of rotatable bonds is 4. The van der Waals surface area contributed by atoms with Gasteiger partial charge in [-0.15, -0.1) is 0 Å². The number of hydrogen-bond acceptors (Lipinski definition) is 3. The maximum Gasteiger partial charge on any atom is 0.249 e. The molecule has 4 heteroatoms. The normalized spacial score (nSPS) is 25.8. The largest absolute Gasteiger partial charge is 0.393 e. The van der Waals surface area contributed by atoms with Crippen LogP contribution in [-0.2, 0) is 9.53 Å². The van der Waals surface area contributed by atoms with Crippen LogP contribution in [-0.4, -0.2) is 35.9 Å². The van der Waals surface area contributed by atoms with Crippen LogP contribution in [0.25, 0.3) is 0 Å². The van der Waals surface area contributed by atoms with Crippen molar-refractivity contribution in [3.63, 3.8) is 0 Å². The molecule has 0 aromatic rings. The zero-order chi connectivity index (χ0) is 10.6. The Morgan fingerprint density at radius 3 is 2.86 bits per heavy atom. The Hall–Kier alpha value is -0.610. The van der Waals surface area contributed by atoms with E-state index in [-0.39, 0.29) is 24.2 Å². The van der Waals surface area contributed by atoms with Gasteiger partial charge in [-0.1, -0.05) is 0 Å². The fourth-order valence-corrected chi connectivity index (χ4v) is 1.69. The van der Waals surface area contributed by atoms with Crippen molar-refractivity contribution < 1.29 is 14.6 Å². The molecule has 0 aromatic heterocycles. The summed E-state index contributed by atoms with van der Waals surface area (Å²) in [5, 5.41) is 11.9. The maximum atomic E-state index is 11.5. The Kier molecular flexibility index (Phi) is 4.35. The van der Waals surface area contributed by atoms with Crippen LogP contribution in [0.1, 0.15) is 33.1 Å². The summed E-state index contributed by atoms with van der Waals surface area (Å²) in [5.41, 5.74) is 0. The molecule has 0 radical (unpaired) electrons. The van der Waals surface area contributed by atoms with Crippen LogP contribution in [0.2, 0.25) is 0 Å². The van der Waals surface area contributed by atoms with Crippen LogP contribution in [0, 0.1) is 0 Å². The second-order valence-electron chi connectivity index (χ2n) is 4.00. The number of ether oxygens (including phenoxy) is 1. The first kappa shape index (κ1) is 11.5. The van der Waals surface area contributed by atoms with Crippen LogP contribution < -0.4 is 5.32 Å². The van der Waals surface area contributed by atoms with E-state index in [0.29, 0.717) is 13.0 Å². The average molecular weight is 201 g/mol. The number of carbonyl (C=O) groups is 1. The van der Waals surface area contributed by atoms with Gasteiger partial charge in [0.05, 0.1) is 6.10 Å². The summed E-state index contributed by atoms with van der Waals surface area (Å²) >= 11 is 0. The highest BCUT2D eigenvalue weighted by Crippen LogP contribution is 2.12. The van der Waals surface area contributed by atoms with Gasteiger partial charge < -0.3 is 15.2 Å². The SMILES string of the molecule is CC(O)CC(C)NC(=O)C1CCCO1. The smallest absolute Gasteiger partial charge is 0.249 e. The van der Waals surface area contributed by atoms with Gasteiger partial charge in [-0.2, -0.15) is 0 Å². The van der Waals surface area contributed by atoms with Crippen molar-refractivity contribution in [3.05, 3.63) is 0 Å². The first-order valence-electron chi connectivity index (χ1n) is 5.19. The third kappa shape index (κ3) is 3.64. The fourth-order valence-electron chi connectivity index (χ4n) is 1.69. The van der Waals surface area contributed by atoms with Crippen molar-refractivity contribution in [2.75, 3.05) is 6.61 Å². The van der Waals surface area contributed by atoms with E-state index in [1.54, 1.807) is 6.92 Å².